The van der Waals surface area contributed by atoms with Crippen LogP contribution in [-0.2, 0) is 11.2 Å². The number of carbonyl (C=O) groups is 1. The van der Waals surface area contributed by atoms with Crippen LogP contribution in [0.1, 0.15) is 12.3 Å². The molecule has 2 aromatic rings. The SMILES string of the molecule is [NH]C(=O)CCc1nc(-c2ccccc2)no1. The predicted octanol–water partition coefficient (Wildman–Crippen LogP) is 1.48. The number of nitrogens with one attached hydrogen (secondary N) is 1. The monoisotopic (exact) mass is 216 g/mol. The number of hydrogen-bond donors (Lipinski definition) is 0. The van der Waals surface area contributed by atoms with Gasteiger partial charge in [-0.15, -0.1) is 0 Å². The van der Waals surface area contributed by atoms with Crippen LogP contribution in [-0.4, -0.2) is 16.0 Å². The van der Waals surface area contributed by atoms with Gasteiger partial charge in [0, 0.05) is 18.4 Å². The Morgan fingerprint density at radius 1 is 1.31 bits per heavy atom. The fourth-order valence-electron chi connectivity index (χ4n) is 1.28. The molecule has 1 N–H and O–H groups in total. The van der Waals surface area contributed by atoms with Crippen molar-refractivity contribution in [2.24, 2.45) is 0 Å². The molecule has 0 aliphatic carbocycles. The molecular weight excluding hydrogens is 206 g/mol. The van der Waals surface area contributed by atoms with Crippen LogP contribution in [0.2, 0.25) is 0 Å². The van der Waals surface area contributed by atoms with Crippen LogP contribution in [0, 0.1) is 0 Å². The average Bonchev–Trinajstić information content (AvgIpc) is 2.76. The summed E-state index contributed by atoms with van der Waals surface area (Å²) in [6.07, 6.45) is 0.429. The van der Waals surface area contributed by atoms with Gasteiger partial charge in [-0.2, -0.15) is 4.98 Å². The van der Waals surface area contributed by atoms with Crippen LogP contribution in [0.5, 0.6) is 0 Å². The lowest BCUT2D eigenvalue weighted by Gasteiger charge is -1.90. The molecule has 0 saturated heterocycles. The number of nitrogens with zero attached hydrogens (tertiary/aromatic N) is 2. The quantitative estimate of drug-likeness (QED) is 0.775. The first-order valence-electron chi connectivity index (χ1n) is 4.88. The van der Waals surface area contributed by atoms with E-state index in [1.54, 1.807) is 0 Å². The number of rotatable bonds is 4. The molecule has 5 heteroatoms. The molecule has 2 rings (SSSR count). The fourth-order valence-corrected chi connectivity index (χ4v) is 1.28. The molecule has 0 spiro atoms. The smallest absolute Gasteiger partial charge is 0.238 e. The van der Waals surface area contributed by atoms with E-state index in [4.69, 9.17) is 10.3 Å². The molecule has 1 aromatic carbocycles. The summed E-state index contributed by atoms with van der Waals surface area (Å²) in [6.45, 7) is 0. The van der Waals surface area contributed by atoms with Gasteiger partial charge in [-0.3, -0.25) is 10.5 Å². The van der Waals surface area contributed by atoms with E-state index in [2.05, 4.69) is 10.1 Å². The molecule has 1 amide bonds. The summed E-state index contributed by atoms with van der Waals surface area (Å²) < 4.78 is 4.97. The van der Waals surface area contributed by atoms with Gasteiger partial charge in [-0.1, -0.05) is 35.5 Å². The van der Waals surface area contributed by atoms with Crippen molar-refractivity contribution in [2.75, 3.05) is 0 Å². The molecule has 5 nitrogen and oxygen atoms in total. The minimum absolute atomic E-state index is 0.108. The minimum Gasteiger partial charge on any atom is -0.339 e. The highest BCUT2D eigenvalue weighted by atomic mass is 16.5. The van der Waals surface area contributed by atoms with Crippen LogP contribution in [0.4, 0.5) is 0 Å². The van der Waals surface area contributed by atoms with Crippen molar-refractivity contribution in [3.63, 3.8) is 0 Å². The van der Waals surface area contributed by atoms with Crippen molar-refractivity contribution in [3.05, 3.63) is 36.2 Å². The molecule has 0 unspecified atom stereocenters. The lowest BCUT2D eigenvalue weighted by atomic mass is 10.2. The van der Waals surface area contributed by atoms with E-state index in [0.717, 1.165) is 5.56 Å². The molecule has 16 heavy (non-hydrogen) atoms. The predicted molar refractivity (Wildman–Crippen MR) is 56.2 cm³/mol. The van der Waals surface area contributed by atoms with Gasteiger partial charge >= 0.3 is 0 Å². The van der Waals surface area contributed by atoms with Gasteiger partial charge in [0.2, 0.25) is 17.6 Å². The number of hydrogen-bond acceptors (Lipinski definition) is 4. The number of carbonyl (C=O) groups excluding carboxylic acids is 1. The third-order valence-electron chi connectivity index (χ3n) is 2.07. The van der Waals surface area contributed by atoms with Crippen LogP contribution in [0.15, 0.2) is 34.9 Å². The maximum absolute atomic E-state index is 10.5. The molecule has 0 atom stereocenters. The Hall–Kier alpha value is -2.17. The zero-order valence-corrected chi connectivity index (χ0v) is 8.51. The maximum atomic E-state index is 10.5. The average molecular weight is 216 g/mol. The first-order chi connectivity index (χ1) is 7.75. The maximum Gasteiger partial charge on any atom is 0.238 e. The highest BCUT2D eigenvalue weighted by molar-refractivity contribution is 5.73. The van der Waals surface area contributed by atoms with Gasteiger partial charge in [0.15, 0.2) is 0 Å². The lowest BCUT2D eigenvalue weighted by molar-refractivity contribution is -0.118. The van der Waals surface area contributed by atoms with Crippen LogP contribution in [0.3, 0.4) is 0 Å². The Balaban J connectivity index is 2.11. The Morgan fingerprint density at radius 2 is 2.06 bits per heavy atom. The molecule has 0 aliphatic heterocycles. The second-order valence-corrected chi connectivity index (χ2v) is 3.30. The summed E-state index contributed by atoms with van der Waals surface area (Å²) in [6, 6.07) is 9.44. The van der Waals surface area contributed by atoms with Crippen molar-refractivity contribution in [1.82, 2.24) is 15.9 Å². The lowest BCUT2D eigenvalue weighted by Crippen LogP contribution is -1.99. The largest absolute Gasteiger partial charge is 0.339 e. The summed E-state index contributed by atoms with van der Waals surface area (Å²) in [5, 5.41) is 3.81. The first-order valence-corrected chi connectivity index (χ1v) is 4.88. The van der Waals surface area contributed by atoms with Gasteiger partial charge in [0.25, 0.3) is 0 Å². The molecule has 0 bridgehead atoms. The van der Waals surface area contributed by atoms with Crippen LogP contribution < -0.4 is 5.73 Å². The summed E-state index contributed by atoms with van der Waals surface area (Å²) >= 11 is 0. The Morgan fingerprint density at radius 3 is 2.75 bits per heavy atom. The summed E-state index contributed by atoms with van der Waals surface area (Å²) in [5.41, 5.74) is 7.64. The van der Waals surface area contributed by atoms with E-state index in [1.165, 1.54) is 0 Å². The van der Waals surface area contributed by atoms with E-state index in [0.29, 0.717) is 18.1 Å². The van der Waals surface area contributed by atoms with E-state index in [-0.39, 0.29) is 6.42 Å². The first kappa shape index (κ1) is 10.4. The van der Waals surface area contributed by atoms with Gasteiger partial charge in [-0.05, 0) is 0 Å². The van der Waals surface area contributed by atoms with Gasteiger partial charge in [0.1, 0.15) is 0 Å². The molecule has 1 radical (unpaired) electrons. The van der Waals surface area contributed by atoms with Crippen LogP contribution >= 0.6 is 0 Å². The van der Waals surface area contributed by atoms with E-state index in [1.807, 2.05) is 30.3 Å². The number of benzene rings is 1. The highest BCUT2D eigenvalue weighted by Crippen LogP contribution is 2.15. The topological polar surface area (TPSA) is 79.8 Å². The number of aryl methyl sites for hydroxylation is 1. The number of aromatic nitrogens is 2. The standard InChI is InChI=1S/C11H10N3O2/c12-9(15)6-7-10-13-11(14-16-10)8-4-2-1-3-5-8/h1-5,12H,6-7H2. The van der Waals surface area contributed by atoms with Crippen molar-refractivity contribution in [2.45, 2.75) is 12.8 Å². The van der Waals surface area contributed by atoms with Gasteiger partial charge in [-0.25, -0.2) is 0 Å². The highest BCUT2D eigenvalue weighted by Gasteiger charge is 2.08. The molecule has 1 aromatic heterocycles. The van der Waals surface area contributed by atoms with E-state index in [9.17, 15) is 4.79 Å². The summed E-state index contributed by atoms with van der Waals surface area (Å²) in [5.74, 6) is 0.270. The zero-order valence-electron chi connectivity index (χ0n) is 8.51. The molecule has 1 heterocycles. The third kappa shape index (κ3) is 2.44. The minimum atomic E-state index is -0.625. The van der Waals surface area contributed by atoms with Gasteiger partial charge < -0.3 is 4.52 Å². The Bertz CT molecular complexity index is 479. The fraction of sp³-hybridized carbons (Fsp3) is 0.182. The number of amides is 1. The van der Waals surface area contributed by atoms with Crippen molar-refractivity contribution >= 4 is 5.91 Å². The van der Waals surface area contributed by atoms with Crippen LogP contribution in [0.25, 0.3) is 11.4 Å². The molecule has 0 saturated carbocycles. The van der Waals surface area contributed by atoms with E-state index < -0.39 is 5.91 Å². The van der Waals surface area contributed by atoms with Crippen molar-refractivity contribution < 1.29 is 9.32 Å². The van der Waals surface area contributed by atoms with Crippen molar-refractivity contribution in [3.8, 4) is 11.4 Å². The Kier molecular flexibility index (Phi) is 2.95. The Labute approximate surface area is 92.3 Å². The summed E-state index contributed by atoms with van der Waals surface area (Å²) in [4.78, 5) is 14.6. The second-order valence-electron chi connectivity index (χ2n) is 3.30. The normalized spacial score (nSPS) is 10.2. The second kappa shape index (κ2) is 4.57. The zero-order chi connectivity index (χ0) is 11.4. The van der Waals surface area contributed by atoms with Crippen molar-refractivity contribution in [1.29, 1.82) is 0 Å². The van der Waals surface area contributed by atoms with Gasteiger partial charge in [0.05, 0.1) is 0 Å². The summed E-state index contributed by atoms with van der Waals surface area (Å²) in [7, 11) is 0. The third-order valence-corrected chi connectivity index (χ3v) is 2.07. The molecule has 0 aliphatic rings. The molecular formula is C11H10N3O2. The molecule has 0 fully saturated rings. The molecule has 81 valence electrons. The van der Waals surface area contributed by atoms with E-state index >= 15 is 0 Å².